The lowest BCUT2D eigenvalue weighted by atomic mass is 10.1. The summed E-state index contributed by atoms with van der Waals surface area (Å²) in [7, 11) is -2.75. The molecule has 1 nitrogen and oxygen atoms in total. The Kier molecular flexibility index (Phi) is 2.45. The van der Waals surface area contributed by atoms with Crippen LogP contribution < -0.4 is 10.4 Å². The molecule has 0 N–H and O–H groups in total. The highest BCUT2D eigenvalue weighted by molar-refractivity contribution is 7.18. The molecule has 1 aliphatic heterocycles. The van der Waals surface area contributed by atoms with Gasteiger partial charge < -0.3 is 0 Å². The summed E-state index contributed by atoms with van der Waals surface area (Å²) in [6.45, 7) is 14.0. The Morgan fingerprint density at radius 2 is 1.53 bits per heavy atom. The molecule has 3 rings (SSSR count). The predicted octanol–water partition coefficient (Wildman–Crippen LogP) is 3.12. The quantitative estimate of drug-likeness (QED) is 0.573. The second-order valence-corrected chi connectivity index (χ2v) is 17.6. The molecule has 1 saturated carbocycles. The number of hydrogen-bond acceptors (Lipinski definition) is 1. The van der Waals surface area contributed by atoms with Crippen molar-refractivity contribution >= 4 is 32.3 Å². The minimum Gasteiger partial charge on any atom is -0.295 e. The van der Waals surface area contributed by atoms with E-state index in [0.29, 0.717) is 4.66 Å². The van der Waals surface area contributed by atoms with Gasteiger partial charge in [0.15, 0.2) is 5.78 Å². The molecule has 1 aliphatic carbocycles. The highest BCUT2D eigenvalue weighted by Gasteiger charge is 2.70. The molecule has 1 spiro atoms. The fourth-order valence-corrected chi connectivity index (χ4v) is 20.1. The van der Waals surface area contributed by atoms with Crippen molar-refractivity contribution in [1.29, 1.82) is 0 Å². The molecule has 3 heteroatoms. The minimum absolute atomic E-state index is 0.223. The third-order valence-corrected chi connectivity index (χ3v) is 19.5. The van der Waals surface area contributed by atoms with Gasteiger partial charge in [0.05, 0.1) is 16.1 Å². The maximum atomic E-state index is 11.8. The molecule has 0 atom stereocenters. The number of Topliss-reactive ketones (excluding diaryl/α,β-unsaturated/α-hetero) is 1. The van der Waals surface area contributed by atoms with E-state index >= 15 is 0 Å². The number of hydrogen-bond donors (Lipinski definition) is 0. The van der Waals surface area contributed by atoms with Gasteiger partial charge >= 0.3 is 0 Å². The third-order valence-electron chi connectivity index (χ3n) is 6.23. The van der Waals surface area contributed by atoms with Crippen LogP contribution in [0.2, 0.25) is 30.8 Å². The van der Waals surface area contributed by atoms with Crippen LogP contribution in [0.4, 0.5) is 0 Å². The van der Waals surface area contributed by atoms with Crippen LogP contribution in [-0.4, -0.2) is 21.9 Å². The Morgan fingerprint density at radius 3 is 1.95 bits per heavy atom. The normalized spacial score (nSPS) is 24.3. The van der Waals surface area contributed by atoms with E-state index in [0.717, 1.165) is 5.56 Å². The summed E-state index contributed by atoms with van der Waals surface area (Å²) in [5.41, 5.74) is 2.15. The number of fused-ring (bicyclic) bond motifs is 1. The Bertz CT molecular complexity index is 595. The van der Waals surface area contributed by atoms with Gasteiger partial charge in [-0.3, -0.25) is 4.79 Å². The summed E-state index contributed by atoms with van der Waals surface area (Å²) in [6, 6.07) is 4.65. The number of carbonyl (C=O) groups is 1. The molecule has 0 bridgehead atoms. The minimum atomic E-state index is -1.40. The number of benzene rings is 1. The Labute approximate surface area is 118 Å². The van der Waals surface area contributed by atoms with Gasteiger partial charge in [0.2, 0.25) is 0 Å². The van der Waals surface area contributed by atoms with Gasteiger partial charge in [0.25, 0.3) is 0 Å². The van der Waals surface area contributed by atoms with Crippen LogP contribution in [0, 0.1) is 6.92 Å². The van der Waals surface area contributed by atoms with Gasteiger partial charge in [-0.2, -0.15) is 0 Å². The van der Waals surface area contributed by atoms with Crippen LogP contribution in [-0.2, 0) is 0 Å². The molecule has 1 aromatic carbocycles. The van der Waals surface area contributed by atoms with Crippen molar-refractivity contribution in [3.63, 3.8) is 0 Å². The zero-order chi connectivity index (χ0) is 14.2. The Hall–Kier alpha value is -0.676. The zero-order valence-electron chi connectivity index (χ0n) is 13.0. The summed E-state index contributed by atoms with van der Waals surface area (Å²) in [5.74, 6) is 0.223. The average molecular weight is 289 g/mol. The lowest BCUT2D eigenvalue weighted by Gasteiger charge is -2.33. The van der Waals surface area contributed by atoms with Gasteiger partial charge in [0, 0.05) is 5.56 Å². The first-order valence-electron chi connectivity index (χ1n) is 7.32. The van der Waals surface area contributed by atoms with Crippen LogP contribution in [0.3, 0.4) is 0 Å². The standard InChI is InChI=1S/C16H24OSi2/c1-11-9-14-15(10-13(11)12(2)17)19(5,6)16(7-8-16)18(14,3)4/h9-10H,7-8H2,1-6H3. The lowest BCUT2D eigenvalue weighted by molar-refractivity contribution is 0.101. The molecule has 0 amide bonds. The Balaban J connectivity index is 2.31. The van der Waals surface area contributed by atoms with Gasteiger partial charge in [-0.15, -0.1) is 0 Å². The second kappa shape index (κ2) is 3.50. The molecule has 19 heavy (non-hydrogen) atoms. The van der Waals surface area contributed by atoms with Crippen LogP contribution in [0.5, 0.6) is 0 Å². The van der Waals surface area contributed by atoms with E-state index in [4.69, 9.17) is 0 Å². The van der Waals surface area contributed by atoms with E-state index in [1.807, 2.05) is 0 Å². The third kappa shape index (κ3) is 1.38. The van der Waals surface area contributed by atoms with E-state index < -0.39 is 16.1 Å². The maximum absolute atomic E-state index is 11.8. The van der Waals surface area contributed by atoms with Gasteiger partial charge in [-0.05, 0) is 24.1 Å². The molecular weight excluding hydrogens is 264 g/mol. The van der Waals surface area contributed by atoms with E-state index in [1.54, 1.807) is 17.3 Å². The first kappa shape index (κ1) is 13.3. The van der Waals surface area contributed by atoms with Crippen LogP contribution in [0.25, 0.3) is 0 Å². The summed E-state index contributed by atoms with van der Waals surface area (Å²) < 4.78 is 0.685. The molecule has 0 unspecified atom stereocenters. The molecular formula is C16H24OSi2. The first-order valence-corrected chi connectivity index (χ1v) is 13.3. The number of rotatable bonds is 1. The molecule has 1 heterocycles. The van der Waals surface area contributed by atoms with Crippen molar-refractivity contribution in [3.05, 3.63) is 23.3 Å². The van der Waals surface area contributed by atoms with Crippen molar-refractivity contribution in [2.75, 3.05) is 0 Å². The van der Waals surface area contributed by atoms with Crippen LogP contribution in [0.15, 0.2) is 12.1 Å². The zero-order valence-corrected chi connectivity index (χ0v) is 15.0. The first-order chi connectivity index (χ1) is 8.65. The fraction of sp³-hybridized carbons (Fsp3) is 0.562. The average Bonchev–Trinajstić information content (AvgIpc) is 3.06. The summed E-state index contributed by atoms with van der Waals surface area (Å²) in [4.78, 5) is 11.8. The predicted molar refractivity (Wildman–Crippen MR) is 87.3 cm³/mol. The molecule has 102 valence electrons. The molecule has 2 aliphatic rings. The van der Waals surface area contributed by atoms with Crippen molar-refractivity contribution in [2.24, 2.45) is 0 Å². The largest absolute Gasteiger partial charge is 0.295 e. The van der Waals surface area contributed by atoms with E-state index in [9.17, 15) is 4.79 Å². The van der Waals surface area contributed by atoms with Gasteiger partial charge in [0.1, 0.15) is 0 Å². The maximum Gasteiger partial charge on any atom is 0.160 e. The summed E-state index contributed by atoms with van der Waals surface area (Å²) >= 11 is 0. The number of carbonyl (C=O) groups excluding carboxylic acids is 1. The highest BCUT2D eigenvalue weighted by Crippen LogP contribution is 2.68. The summed E-state index contributed by atoms with van der Waals surface area (Å²) in [5, 5.41) is 3.28. The molecule has 0 aromatic heterocycles. The van der Waals surface area contributed by atoms with E-state index in [2.05, 4.69) is 45.2 Å². The second-order valence-electron chi connectivity index (χ2n) is 7.60. The smallest absolute Gasteiger partial charge is 0.160 e. The van der Waals surface area contributed by atoms with Crippen LogP contribution >= 0.6 is 0 Å². The molecule has 1 fully saturated rings. The van der Waals surface area contributed by atoms with Gasteiger partial charge in [-0.25, -0.2) is 0 Å². The van der Waals surface area contributed by atoms with Crippen molar-refractivity contribution < 1.29 is 4.79 Å². The topological polar surface area (TPSA) is 17.1 Å². The number of ketones is 1. The van der Waals surface area contributed by atoms with Crippen LogP contribution in [0.1, 0.15) is 35.7 Å². The van der Waals surface area contributed by atoms with E-state index in [1.165, 1.54) is 18.4 Å². The molecule has 0 radical (unpaired) electrons. The molecule has 0 saturated heterocycles. The monoisotopic (exact) mass is 288 g/mol. The fourth-order valence-electron chi connectivity index (χ4n) is 4.79. The number of aryl methyl sites for hydroxylation is 1. The SMILES string of the molecule is CC(=O)c1cc2c(cc1C)[Si](C)(C)C1(CC1)[Si]2(C)C. The van der Waals surface area contributed by atoms with Crippen molar-refractivity contribution in [1.82, 2.24) is 0 Å². The highest BCUT2D eigenvalue weighted by atomic mass is 28.4. The lowest BCUT2D eigenvalue weighted by Crippen LogP contribution is -2.47. The summed E-state index contributed by atoms with van der Waals surface area (Å²) in [6.07, 6.45) is 2.88. The Morgan fingerprint density at radius 1 is 1.05 bits per heavy atom. The van der Waals surface area contributed by atoms with Gasteiger partial charge in [-0.1, -0.05) is 61.5 Å². The van der Waals surface area contributed by atoms with E-state index in [-0.39, 0.29) is 5.78 Å². The van der Waals surface area contributed by atoms with Crippen molar-refractivity contribution in [3.8, 4) is 0 Å². The molecule has 1 aromatic rings. The van der Waals surface area contributed by atoms with Crippen molar-refractivity contribution in [2.45, 2.75) is 57.5 Å².